The largest absolute Gasteiger partial charge is 0.385 e. The van der Waals surface area contributed by atoms with Crippen LogP contribution in [0.3, 0.4) is 0 Å². The van der Waals surface area contributed by atoms with Crippen molar-refractivity contribution in [1.82, 2.24) is 14.5 Å². The van der Waals surface area contributed by atoms with Gasteiger partial charge >= 0.3 is 0 Å². The average Bonchev–Trinajstić information content (AvgIpc) is 3.49. The quantitative estimate of drug-likeness (QED) is 0.377. The first-order valence-electron chi connectivity index (χ1n) is 11.0. The molecule has 0 saturated carbocycles. The van der Waals surface area contributed by atoms with E-state index >= 15 is 0 Å². The summed E-state index contributed by atoms with van der Waals surface area (Å²) in [7, 11) is -3.76. The molecule has 4 aromatic rings. The maximum Gasteiger partial charge on any atom is 0.263 e. The summed E-state index contributed by atoms with van der Waals surface area (Å²) >= 11 is 7.31. The van der Waals surface area contributed by atoms with E-state index in [0.29, 0.717) is 41.6 Å². The molecule has 1 aliphatic rings. The molecule has 186 valence electrons. The molecule has 0 bridgehead atoms. The van der Waals surface area contributed by atoms with E-state index in [1.54, 1.807) is 22.4 Å². The molecule has 1 amide bonds. The van der Waals surface area contributed by atoms with Crippen molar-refractivity contribution in [3.63, 3.8) is 0 Å². The fourth-order valence-corrected chi connectivity index (χ4v) is 6.30. The Morgan fingerprint density at radius 3 is 2.60 bits per heavy atom. The van der Waals surface area contributed by atoms with Crippen LogP contribution in [0.4, 0.5) is 5.13 Å². The highest BCUT2D eigenvalue weighted by Crippen LogP contribution is 2.34. The molecule has 5 rings (SSSR count). The second kappa shape index (κ2) is 9.27. The van der Waals surface area contributed by atoms with E-state index in [1.807, 2.05) is 35.0 Å². The van der Waals surface area contributed by atoms with Gasteiger partial charge in [0.05, 0.1) is 10.5 Å². The van der Waals surface area contributed by atoms with Crippen LogP contribution in [0.5, 0.6) is 0 Å². The SMILES string of the molecule is O=C(Cn1ccc2ccc(Cl)cc21)N1CCC(O)(c2ccc(S(=O)(=O)Nc3nccs3)cc2)CC1.[HH].[HH]. The number of aromatic nitrogens is 2. The van der Waals surface area contributed by atoms with Crippen LogP contribution in [-0.2, 0) is 27.0 Å². The summed E-state index contributed by atoms with van der Waals surface area (Å²) in [6, 6.07) is 13.7. The lowest BCUT2D eigenvalue weighted by Crippen LogP contribution is -2.46. The first-order chi connectivity index (χ1) is 16.7. The molecule has 0 atom stereocenters. The van der Waals surface area contributed by atoms with Crippen molar-refractivity contribution in [2.24, 2.45) is 0 Å². The zero-order valence-corrected chi connectivity index (χ0v) is 21.0. The molecule has 2 aromatic heterocycles. The fraction of sp³-hybridized carbons (Fsp3) is 0.250. The van der Waals surface area contributed by atoms with Crippen molar-refractivity contribution in [2.45, 2.75) is 29.9 Å². The number of aliphatic hydroxyl groups is 1. The van der Waals surface area contributed by atoms with Gasteiger partial charge in [0.15, 0.2) is 5.13 Å². The first kappa shape index (κ1) is 23.8. The molecule has 8 nitrogen and oxygen atoms in total. The minimum atomic E-state index is -3.76. The summed E-state index contributed by atoms with van der Waals surface area (Å²) in [5.74, 6) is -0.0285. The number of anilines is 1. The van der Waals surface area contributed by atoms with Crippen LogP contribution >= 0.6 is 22.9 Å². The number of carbonyl (C=O) groups excluding carboxylic acids is 1. The summed E-state index contributed by atoms with van der Waals surface area (Å²) in [6.07, 6.45) is 4.12. The molecule has 0 unspecified atom stereocenters. The molecule has 2 N–H and O–H groups in total. The number of nitrogens with one attached hydrogen (secondary N) is 1. The number of fused-ring (bicyclic) bond motifs is 1. The fourth-order valence-electron chi connectivity index (χ4n) is 4.35. The second-order valence-electron chi connectivity index (χ2n) is 8.53. The second-order valence-corrected chi connectivity index (χ2v) is 11.5. The Labute approximate surface area is 214 Å². The molecule has 0 radical (unpaired) electrons. The van der Waals surface area contributed by atoms with Crippen LogP contribution in [0.15, 0.2) is 71.2 Å². The smallest absolute Gasteiger partial charge is 0.263 e. The predicted molar refractivity (Wildman–Crippen MR) is 140 cm³/mol. The number of halogens is 1. The van der Waals surface area contributed by atoms with Crippen LogP contribution in [-0.4, -0.2) is 47.0 Å². The van der Waals surface area contributed by atoms with E-state index < -0.39 is 15.6 Å². The Morgan fingerprint density at radius 2 is 1.91 bits per heavy atom. The summed E-state index contributed by atoms with van der Waals surface area (Å²) < 4.78 is 29.4. The number of thiazole rings is 1. The number of likely N-dealkylation sites (tertiary alicyclic amines) is 1. The zero-order valence-electron chi connectivity index (χ0n) is 18.6. The first-order valence-corrected chi connectivity index (χ1v) is 13.8. The third kappa shape index (κ3) is 4.92. The standard InChI is InChI=1S/C24H23ClN4O4S2.2H2/c25-19-4-1-17-7-11-29(21(17)15-19)16-22(30)28-12-8-24(31,9-13-28)18-2-5-20(6-3-18)35(32,33)27-23-26-10-14-34-23;;/h1-7,10-11,14-15,31H,8-9,12-13,16H2,(H,26,27);2*1H. The van der Waals surface area contributed by atoms with Crippen LogP contribution < -0.4 is 4.72 Å². The number of piperidine rings is 1. The van der Waals surface area contributed by atoms with E-state index in [9.17, 15) is 18.3 Å². The van der Waals surface area contributed by atoms with E-state index in [0.717, 1.165) is 10.9 Å². The highest BCUT2D eigenvalue weighted by atomic mass is 35.5. The molecule has 1 saturated heterocycles. The average molecular weight is 535 g/mol. The molecule has 0 aliphatic carbocycles. The van der Waals surface area contributed by atoms with Crippen LogP contribution in [0.2, 0.25) is 5.02 Å². The molecule has 1 aliphatic heterocycles. The lowest BCUT2D eigenvalue weighted by Gasteiger charge is -2.38. The normalized spacial score (nSPS) is 15.9. The predicted octanol–water partition coefficient (Wildman–Crippen LogP) is 4.55. The number of carbonyl (C=O) groups is 1. The maximum atomic E-state index is 12.9. The molecule has 1 fully saturated rings. The lowest BCUT2D eigenvalue weighted by atomic mass is 9.84. The van der Waals surface area contributed by atoms with E-state index in [-0.39, 0.29) is 20.2 Å². The topological polar surface area (TPSA) is 105 Å². The lowest BCUT2D eigenvalue weighted by molar-refractivity contribution is -0.136. The van der Waals surface area contributed by atoms with Gasteiger partial charge in [0, 0.05) is 44.3 Å². The van der Waals surface area contributed by atoms with Crippen LogP contribution in [0.1, 0.15) is 21.3 Å². The Bertz CT molecular complexity index is 1470. The summed E-state index contributed by atoms with van der Waals surface area (Å²) in [5.41, 5.74) is 0.401. The van der Waals surface area contributed by atoms with Gasteiger partial charge in [0.2, 0.25) is 5.91 Å². The van der Waals surface area contributed by atoms with E-state index in [2.05, 4.69) is 9.71 Å². The highest BCUT2D eigenvalue weighted by Gasteiger charge is 2.35. The van der Waals surface area contributed by atoms with Crippen molar-refractivity contribution in [1.29, 1.82) is 0 Å². The van der Waals surface area contributed by atoms with E-state index in [4.69, 9.17) is 11.6 Å². The third-order valence-corrected chi connectivity index (χ3v) is 8.75. The van der Waals surface area contributed by atoms with Crippen molar-refractivity contribution < 1.29 is 21.2 Å². The Hall–Kier alpha value is -2.92. The number of nitrogens with zero attached hydrogens (tertiary/aromatic N) is 3. The molecule has 3 heterocycles. The number of sulfonamides is 1. The van der Waals surface area contributed by atoms with Crippen molar-refractivity contribution in [2.75, 3.05) is 17.8 Å². The highest BCUT2D eigenvalue weighted by molar-refractivity contribution is 7.93. The Balaban J connectivity index is 0.00000190. The molecule has 0 spiro atoms. The van der Waals surface area contributed by atoms with Crippen molar-refractivity contribution in [3.05, 3.63) is 76.9 Å². The van der Waals surface area contributed by atoms with Crippen LogP contribution in [0.25, 0.3) is 10.9 Å². The molecule has 2 aromatic carbocycles. The van der Waals surface area contributed by atoms with Gasteiger partial charge in [-0.05, 0) is 54.1 Å². The maximum absolute atomic E-state index is 12.9. The monoisotopic (exact) mass is 534 g/mol. The molecule has 35 heavy (non-hydrogen) atoms. The van der Waals surface area contributed by atoms with Gasteiger partial charge in [-0.1, -0.05) is 29.8 Å². The molecular weight excluding hydrogens is 508 g/mol. The number of rotatable bonds is 6. The van der Waals surface area contributed by atoms with Gasteiger partial charge in [-0.15, -0.1) is 11.3 Å². The van der Waals surface area contributed by atoms with Crippen LogP contribution in [0, 0.1) is 0 Å². The number of benzene rings is 2. The Morgan fingerprint density at radius 1 is 1.17 bits per heavy atom. The van der Waals surface area contributed by atoms with Gasteiger partial charge in [0.25, 0.3) is 10.0 Å². The van der Waals surface area contributed by atoms with Gasteiger partial charge in [-0.25, -0.2) is 13.4 Å². The summed E-state index contributed by atoms with van der Waals surface area (Å²) in [6.45, 7) is 1.00. The summed E-state index contributed by atoms with van der Waals surface area (Å²) in [4.78, 5) is 18.7. The molecule has 11 heteroatoms. The molecular formula is C24H27ClN4O4S2. The zero-order chi connectivity index (χ0) is 24.6. The summed E-state index contributed by atoms with van der Waals surface area (Å²) in [5, 5.41) is 14.9. The van der Waals surface area contributed by atoms with Crippen molar-refractivity contribution >= 4 is 54.9 Å². The minimum absolute atomic E-state index is 0. The number of hydrogen-bond donors (Lipinski definition) is 2. The van der Waals surface area contributed by atoms with Gasteiger partial charge in [-0.2, -0.15) is 0 Å². The Kier molecular flexibility index (Phi) is 6.30. The van der Waals surface area contributed by atoms with E-state index in [1.165, 1.54) is 29.7 Å². The van der Waals surface area contributed by atoms with Gasteiger partial charge in [-0.3, -0.25) is 9.52 Å². The van der Waals surface area contributed by atoms with Gasteiger partial charge in [0.1, 0.15) is 6.54 Å². The minimum Gasteiger partial charge on any atom is -0.385 e. The van der Waals surface area contributed by atoms with Gasteiger partial charge < -0.3 is 14.6 Å². The number of amides is 1. The number of hydrogen-bond acceptors (Lipinski definition) is 6. The van der Waals surface area contributed by atoms with Crippen molar-refractivity contribution in [3.8, 4) is 0 Å². The third-order valence-electron chi connectivity index (χ3n) is 6.34.